The number of carboxylic acids is 4. The second kappa shape index (κ2) is 34.7. The minimum absolute atomic E-state index is 0.0163. The highest BCUT2D eigenvalue weighted by molar-refractivity contribution is 5.79. The fraction of sp³-hybridized carbons (Fsp3) is 0.308. The molecule has 226 valence electrons. The van der Waals surface area contributed by atoms with E-state index in [-0.39, 0.29) is 13.2 Å². The second-order valence-electron chi connectivity index (χ2n) is 6.08. The van der Waals surface area contributed by atoms with Crippen LogP contribution < -0.4 is 4.74 Å². The molecule has 0 amide bonds. The number of ether oxygens (including phenoxy) is 4. The Morgan fingerprint density at radius 1 is 0.650 bits per heavy atom. The molecule has 0 radical (unpaired) electrons. The van der Waals surface area contributed by atoms with E-state index in [9.17, 15) is 24.3 Å². The van der Waals surface area contributed by atoms with Crippen molar-refractivity contribution in [3.63, 3.8) is 0 Å². The van der Waals surface area contributed by atoms with Crippen LogP contribution in [0, 0.1) is 0 Å². The topological polar surface area (TPSA) is 227 Å². The SMILES string of the molecule is C=CC(=O)O.C=CC(=O)O.C=CC(=O)O.C=CC(=O)O.OCCOCCOCCOCC(O)Oc1ccccc1. The number of rotatable bonds is 16. The normalized spacial score (nSPS) is 9.35. The van der Waals surface area contributed by atoms with Crippen LogP contribution in [-0.2, 0) is 33.4 Å². The molecule has 0 fully saturated rings. The van der Waals surface area contributed by atoms with Gasteiger partial charge in [-0.1, -0.05) is 44.5 Å². The lowest BCUT2D eigenvalue weighted by Crippen LogP contribution is -2.23. The Balaban J connectivity index is -0.000000262. The molecular formula is C26H38O14. The molecule has 14 nitrogen and oxygen atoms in total. The van der Waals surface area contributed by atoms with Crippen molar-refractivity contribution in [2.75, 3.05) is 46.2 Å². The second-order valence-corrected chi connectivity index (χ2v) is 6.08. The molecular weight excluding hydrogens is 536 g/mol. The fourth-order valence-corrected chi connectivity index (χ4v) is 1.38. The summed E-state index contributed by atoms with van der Waals surface area (Å²) in [5, 5.41) is 48.5. The zero-order valence-corrected chi connectivity index (χ0v) is 22.0. The van der Waals surface area contributed by atoms with Gasteiger partial charge >= 0.3 is 23.9 Å². The summed E-state index contributed by atoms with van der Waals surface area (Å²) in [6.45, 7) is 13.9. The van der Waals surface area contributed by atoms with Gasteiger partial charge in [0.15, 0.2) is 0 Å². The van der Waals surface area contributed by atoms with Crippen molar-refractivity contribution in [1.82, 2.24) is 0 Å². The van der Waals surface area contributed by atoms with Crippen LogP contribution in [0.3, 0.4) is 0 Å². The number of benzene rings is 1. The number of aliphatic hydroxyl groups is 2. The van der Waals surface area contributed by atoms with Gasteiger partial charge in [0.2, 0.25) is 6.29 Å². The molecule has 0 aromatic heterocycles. The molecule has 1 aromatic rings. The van der Waals surface area contributed by atoms with Crippen LogP contribution in [-0.4, -0.2) is 107 Å². The van der Waals surface area contributed by atoms with Crippen molar-refractivity contribution >= 4 is 23.9 Å². The van der Waals surface area contributed by atoms with Crippen molar-refractivity contribution in [3.8, 4) is 5.75 Å². The first-order valence-electron chi connectivity index (χ1n) is 11.1. The van der Waals surface area contributed by atoms with Gasteiger partial charge in [0, 0.05) is 24.3 Å². The molecule has 0 aliphatic carbocycles. The minimum atomic E-state index is -0.995. The highest BCUT2D eigenvalue weighted by Crippen LogP contribution is 2.09. The quantitative estimate of drug-likeness (QED) is 0.0933. The summed E-state index contributed by atoms with van der Waals surface area (Å²) in [6, 6.07) is 9.06. The van der Waals surface area contributed by atoms with Crippen LogP contribution in [0.5, 0.6) is 5.75 Å². The van der Waals surface area contributed by atoms with E-state index in [1.54, 1.807) is 12.1 Å². The lowest BCUT2D eigenvalue weighted by atomic mass is 10.3. The van der Waals surface area contributed by atoms with Crippen molar-refractivity contribution in [1.29, 1.82) is 0 Å². The van der Waals surface area contributed by atoms with E-state index in [1.807, 2.05) is 18.2 Å². The Kier molecular flexibility index (Phi) is 37.0. The number of carboxylic acid groups (broad SMARTS) is 4. The molecule has 0 saturated carbocycles. The van der Waals surface area contributed by atoms with Gasteiger partial charge in [0.25, 0.3) is 0 Å². The lowest BCUT2D eigenvalue weighted by Gasteiger charge is -2.13. The van der Waals surface area contributed by atoms with Crippen LogP contribution in [0.1, 0.15) is 0 Å². The van der Waals surface area contributed by atoms with Crippen LogP contribution >= 0.6 is 0 Å². The summed E-state index contributed by atoms with van der Waals surface area (Å²) in [5.74, 6) is -3.33. The molecule has 14 heteroatoms. The van der Waals surface area contributed by atoms with E-state index in [0.29, 0.717) is 38.8 Å². The van der Waals surface area contributed by atoms with Crippen LogP contribution in [0.4, 0.5) is 0 Å². The molecule has 0 saturated heterocycles. The third kappa shape index (κ3) is 50.5. The van der Waals surface area contributed by atoms with Crippen molar-refractivity contribution < 1.29 is 68.8 Å². The Morgan fingerprint density at radius 2 is 0.975 bits per heavy atom. The maximum absolute atomic E-state index is 9.57. The summed E-state index contributed by atoms with van der Waals surface area (Å²) in [5.41, 5.74) is 0. The Hall–Kier alpha value is -4.34. The van der Waals surface area contributed by atoms with E-state index >= 15 is 0 Å². The highest BCUT2D eigenvalue weighted by Gasteiger charge is 2.05. The van der Waals surface area contributed by atoms with Crippen molar-refractivity contribution in [2.45, 2.75) is 6.29 Å². The van der Waals surface area contributed by atoms with E-state index < -0.39 is 30.2 Å². The highest BCUT2D eigenvalue weighted by atomic mass is 16.6. The lowest BCUT2D eigenvalue weighted by molar-refractivity contribution is -0.132. The first kappa shape index (κ1) is 42.7. The number of hydrogen-bond donors (Lipinski definition) is 6. The standard InChI is InChI=1S/C14H22O6.4C3H4O2/c15-6-7-17-8-9-18-10-11-19-12-14(16)20-13-4-2-1-3-5-13;4*1-2-3(4)5/h1-5,14-16H,6-12H2;4*2H,1H2,(H,4,5). The molecule has 1 rings (SSSR count). The predicted molar refractivity (Wildman–Crippen MR) is 144 cm³/mol. The van der Waals surface area contributed by atoms with E-state index in [0.717, 1.165) is 24.3 Å². The average molecular weight is 575 g/mol. The summed E-state index contributed by atoms with van der Waals surface area (Å²) < 4.78 is 20.7. The van der Waals surface area contributed by atoms with Gasteiger partial charge in [-0.3, -0.25) is 0 Å². The summed E-state index contributed by atoms with van der Waals surface area (Å²) >= 11 is 0. The largest absolute Gasteiger partial charge is 0.478 e. The van der Waals surface area contributed by atoms with Gasteiger partial charge in [-0.15, -0.1) is 0 Å². The van der Waals surface area contributed by atoms with Gasteiger partial charge < -0.3 is 49.6 Å². The first-order chi connectivity index (χ1) is 18.9. The molecule has 0 aliphatic rings. The van der Waals surface area contributed by atoms with Gasteiger partial charge in [-0.2, -0.15) is 0 Å². The number of hydrogen-bond acceptors (Lipinski definition) is 10. The molecule has 0 aliphatic heterocycles. The summed E-state index contributed by atoms with van der Waals surface area (Å²) in [6.07, 6.45) is 2.34. The maximum Gasteiger partial charge on any atom is 0.327 e. The maximum atomic E-state index is 9.57. The van der Waals surface area contributed by atoms with E-state index in [1.165, 1.54) is 0 Å². The summed E-state index contributed by atoms with van der Waals surface area (Å²) in [7, 11) is 0. The number of carbonyl (C=O) groups is 4. The van der Waals surface area contributed by atoms with Crippen LogP contribution in [0.15, 0.2) is 81.0 Å². The minimum Gasteiger partial charge on any atom is -0.478 e. The van der Waals surface area contributed by atoms with E-state index in [2.05, 4.69) is 26.3 Å². The summed E-state index contributed by atoms with van der Waals surface area (Å²) in [4.78, 5) is 37.0. The third-order valence-corrected chi connectivity index (χ3v) is 2.95. The fourth-order valence-electron chi connectivity index (χ4n) is 1.38. The van der Waals surface area contributed by atoms with Crippen LogP contribution in [0.25, 0.3) is 0 Å². The molecule has 6 N–H and O–H groups in total. The molecule has 1 aromatic carbocycles. The molecule has 1 atom stereocenters. The average Bonchev–Trinajstić information content (AvgIpc) is 2.93. The number of aliphatic hydroxyl groups excluding tert-OH is 2. The van der Waals surface area contributed by atoms with Gasteiger partial charge in [-0.25, -0.2) is 19.2 Å². The number of aliphatic carboxylic acids is 4. The van der Waals surface area contributed by atoms with Crippen molar-refractivity contribution in [2.24, 2.45) is 0 Å². The van der Waals surface area contributed by atoms with Gasteiger partial charge in [0.05, 0.1) is 39.6 Å². The third-order valence-electron chi connectivity index (χ3n) is 2.95. The Labute approximate surface area is 232 Å². The molecule has 0 bridgehead atoms. The first-order valence-corrected chi connectivity index (χ1v) is 11.1. The zero-order chi connectivity index (χ0) is 31.6. The van der Waals surface area contributed by atoms with Gasteiger partial charge in [0.1, 0.15) is 12.4 Å². The molecule has 0 heterocycles. The van der Waals surface area contributed by atoms with E-state index in [4.69, 9.17) is 44.5 Å². The molecule has 0 spiro atoms. The van der Waals surface area contributed by atoms with Crippen molar-refractivity contribution in [3.05, 3.63) is 81.0 Å². The number of para-hydroxylation sites is 1. The Bertz CT molecular complexity index is 752. The smallest absolute Gasteiger partial charge is 0.327 e. The molecule has 1 unspecified atom stereocenters. The zero-order valence-electron chi connectivity index (χ0n) is 22.0. The molecule has 40 heavy (non-hydrogen) atoms. The Morgan fingerprint density at radius 3 is 1.30 bits per heavy atom. The van der Waals surface area contributed by atoms with Gasteiger partial charge in [-0.05, 0) is 12.1 Å². The monoisotopic (exact) mass is 574 g/mol. The predicted octanol–water partition coefficient (Wildman–Crippen LogP) is 1.45. The van der Waals surface area contributed by atoms with Crippen LogP contribution in [0.2, 0.25) is 0 Å².